The van der Waals surface area contributed by atoms with E-state index in [1.807, 2.05) is 0 Å². The lowest BCUT2D eigenvalue weighted by Crippen LogP contribution is -1.88. The van der Waals surface area contributed by atoms with Gasteiger partial charge in [0, 0.05) is 7.11 Å². The molecule has 1 N–H and O–H groups in total. The molecule has 68 valence electrons. The molecule has 0 bridgehead atoms. The van der Waals surface area contributed by atoms with Gasteiger partial charge in [-0.15, -0.1) is 0 Å². The molecule has 0 radical (unpaired) electrons. The monoisotopic (exact) mass is 166 g/mol. The summed E-state index contributed by atoms with van der Waals surface area (Å²) in [6.07, 6.45) is 1.23. The van der Waals surface area contributed by atoms with Crippen LogP contribution in [0, 0.1) is 0 Å². The summed E-state index contributed by atoms with van der Waals surface area (Å²) >= 11 is 0. The average molecular weight is 166 g/mol. The molecule has 1 unspecified atom stereocenters. The van der Waals surface area contributed by atoms with Gasteiger partial charge in [-0.25, -0.2) is 0 Å². The van der Waals surface area contributed by atoms with E-state index in [0.717, 1.165) is 7.11 Å². The molecule has 0 saturated heterocycles. The first-order valence-electron chi connectivity index (χ1n) is 4.34. The highest BCUT2D eigenvalue weighted by Gasteiger charge is 1.98. The Morgan fingerprint density at radius 1 is 1.17 bits per heavy atom. The zero-order valence-electron chi connectivity index (χ0n) is 8.12. The minimum Gasteiger partial charge on any atom is -0.400 e. The van der Waals surface area contributed by atoms with Gasteiger partial charge in [0.05, 0.1) is 0 Å². The fourth-order valence-electron chi connectivity index (χ4n) is 1.02. The molecule has 12 heavy (non-hydrogen) atoms. The van der Waals surface area contributed by atoms with Crippen LogP contribution in [0.15, 0.2) is 30.3 Å². The lowest BCUT2D eigenvalue weighted by Gasteiger charge is -2.06. The molecule has 0 aliphatic heterocycles. The topological polar surface area (TPSA) is 20.2 Å². The molecule has 1 nitrogen and oxygen atoms in total. The van der Waals surface area contributed by atoms with Crippen molar-refractivity contribution in [2.45, 2.75) is 26.2 Å². The quantitative estimate of drug-likeness (QED) is 0.716. The maximum atomic E-state index is 7.00. The Labute approximate surface area is 75.1 Å². The maximum Gasteiger partial charge on any atom is 0.0319 e. The van der Waals surface area contributed by atoms with E-state index in [2.05, 4.69) is 44.2 Å². The highest BCUT2D eigenvalue weighted by Crippen LogP contribution is 2.16. The Balaban J connectivity index is 0.000000561. The first-order chi connectivity index (χ1) is 5.84. The average Bonchev–Trinajstić information content (AvgIpc) is 2.21. The van der Waals surface area contributed by atoms with Crippen LogP contribution in [0.4, 0.5) is 0 Å². The van der Waals surface area contributed by atoms with Crippen molar-refractivity contribution < 1.29 is 5.11 Å². The van der Waals surface area contributed by atoms with Crippen LogP contribution in [0.1, 0.15) is 31.7 Å². The van der Waals surface area contributed by atoms with Crippen molar-refractivity contribution >= 4 is 0 Å². The van der Waals surface area contributed by atoms with E-state index in [9.17, 15) is 0 Å². The second-order valence-electron chi connectivity index (χ2n) is 2.72. The Bertz CT molecular complexity index is 181. The summed E-state index contributed by atoms with van der Waals surface area (Å²) in [5.41, 5.74) is 1.45. The van der Waals surface area contributed by atoms with Gasteiger partial charge in [-0.05, 0) is 17.9 Å². The van der Waals surface area contributed by atoms with Crippen LogP contribution >= 0.6 is 0 Å². The van der Waals surface area contributed by atoms with E-state index in [4.69, 9.17) is 5.11 Å². The summed E-state index contributed by atoms with van der Waals surface area (Å²) in [6.45, 7) is 4.48. The van der Waals surface area contributed by atoms with E-state index in [1.165, 1.54) is 12.0 Å². The van der Waals surface area contributed by atoms with Crippen LogP contribution in [0.25, 0.3) is 0 Å². The molecule has 0 saturated carbocycles. The highest BCUT2D eigenvalue weighted by molar-refractivity contribution is 5.18. The van der Waals surface area contributed by atoms with Crippen LogP contribution in [-0.2, 0) is 0 Å². The van der Waals surface area contributed by atoms with Crippen LogP contribution in [0.3, 0.4) is 0 Å². The van der Waals surface area contributed by atoms with Crippen LogP contribution in [-0.4, -0.2) is 12.2 Å². The minimum absolute atomic E-state index is 0.709. The van der Waals surface area contributed by atoms with Crippen LogP contribution < -0.4 is 0 Å². The molecule has 0 spiro atoms. The lowest BCUT2D eigenvalue weighted by atomic mass is 9.99. The molecule has 0 aliphatic rings. The standard InChI is InChI=1S/C10H14.CH4O/c1-3-9(2)10-7-5-4-6-8-10;1-2/h4-9H,3H2,1-2H3;2H,1H3. The molecule has 0 aliphatic carbocycles. The molecule has 1 aromatic rings. The van der Waals surface area contributed by atoms with Gasteiger partial charge in [0.2, 0.25) is 0 Å². The maximum absolute atomic E-state index is 7.00. The molecular formula is C11H18O. The second kappa shape index (κ2) is 6.86. The Morgan fingerprint density at radius 3 is 2.08 bits per heavy atom. The summed E-state index contributed by atoms with van der Waals surface area (Å²) in [5.74, 6) is 0.709. The SMILES string of the molecule is CCC(C)c1ccccc1.CO. The summed E-state index contributed by atoms with van der Waals surface area (Å²) in [7, 11) is 1.00. The van der Waals surface area contributed by atoms with Gasteiger partial charge >= 0.3 is 0 Å². The van der Waals surface area contributed by atoms with Crippen molar-refractivity contribution in [2.24, 2.45) is 0 Å². The Morgan fingerprint density at radius 2 is 1.67 bits per heavy atom. The Hall–Kier alpha value is -0.820. The zero-order chi connectivity index (χ0) is 9.40. The third kappa shape index (κ3) is 3.54. The Kier molecular flexibility index (Phi) is 6.39. The van der Waals surface area contributed by atoms with E-state index in [0.29, 0.717) is 5.92 Å². The number of hydrogen-bond acceptors (Lipinski definition) is 1. The van der Waals surface area contributed by atoms with Crippen molar-refractivity contribution in [1.82, 2.24) is 0 Å². The molecule has 0 aromatic heterocycles. The first-order valence-corrected chi connectivity index (χ1v) is 4.34. The molecule has 0 amide bonds. The van der Waals surface area contributed by atoms with Crippen molar-refractivity contribution in [2.75, 3.05) is 7.11 Å². The van der Waals surface area contributed by atoms with Gasteiger partial charge in [-0.3, -0.25) is 0 Å². The van der Waals surface area contributed by atoms with Crippen LogP contribution in [0.2, 0.25) is 0 Å². The number of hydrogen-bond donors (Lipinski definition) is 1. The summed E-state index contributed by atoms with van der Waals surface area (Å²) in [5, 5.41) is 7.00. The van der Waals surface area contributed by atoms with E-state index < -0.39 is 0 Å². The van der Waals surface area contributed by atoms with Gasteiger partial charge in [0.25, 0.3) is 0 Å². The summed E-state index contributed by atoms with van der Waals surface area (Å²) in [4.78, 5) is 0. The summed E-state index contributed by atoms with van der Waals surface area (Å²) < 4.78 is 0. The molecule has 1 aromatic carbocycles. The fraction of sp³-hybridized carbons (Fsp3) is 0.455. The normalized spacial score (nSPS) is 11.3. The highest BCUT2D eigenvalue weighted by atomic mass is 16.2. The lowest BCUT2D eigenvalue weighted by molar-refractivity contribution is 0.399. The zero-order valence-corrected chi connectivity index (χ0v) is 8.12. The largest absolute Gasteiger partial charge is 0.400 e. The molecule has 1 atom stereocenters. The third-order valence-electron chi connectivity index (χ3n) is 1.98. The second-order valence-corrected chi connectivity index (χ2v) is 2.72. The van der Waals surface area contributed by atoms with Gasteiger partial charge in [0.15, 0.2) is 0 Å². The van der Waals surface area contributed by atoms with Gasteiger partial charge in [-0.1, -0.05) is 44.2 Å². The van der Waals surface area contributed by atoms with Crippen LogP contribution in [0.5, 0.6) is 0 Å². The molecule has 0 heterocycles. The van der Waals surface area contributed by atoms with E-state index in [-0.39, 0.29) is 0 Å². The van der Waals surface area contributed by atoms with Crippen molar-refractivity contribution in [3.63, 3.8) is 0 Å². The number of aliphatic hydroxyl groups is 1. The fourth-order valence-corrected chi connectivity index (χ4v) is 1.02. The van der Waals surface area contributed by atoms with E-state index in [1.54, 1.807) is 0 Å². The smallest absolute Gasteiger partial charge is 0.0319 e. The van der Waals surface area contributed by atoms with Gasteiger partial charge in [0.1, 0.15) is 0 Å². The first kappa shape index (κ1) is 11.2. The van der Waals surface area contributed by atoms with Gasteiger partial charge < -0.3 is 5.11 Å². The van der Waals surface area contributed by atoms with Crippen molar-refractivity contribution in [1.29, 1.82) is 0 Å². The molecule has 1 heteroatoms. The third-order valence-corrected chi connectivity index (χ3v) is 1.98. The van der Waals surface area contributed by atoms with E-state index >= 15 is 0 Å². The molecular weight excluding hydrogens is 148 g/mol. The number of benzene rings is 1. The van der Waals surface area contributed by atoms with Crippen molar-refractivity contribution in [3.8, 4) is 0 Å². The van der Waals surface area contributed by atoms with Gasteiger partial charge in [-0.2, -0.15) is 0 Å². The molecule has 1 rings (SSSR count). The number of aliphatic hydroxyl groups excluding tert-OH is 1. The summed E-state index contributed by atoms with van der Waals surface area (Å²) in [6, 6.07) is 10.6. The predicted molar refractivity (Wildman–Crippen MR) is 53.3 cm³/mol. The van der Waals surface area contributed by atoms with Crippen molar-refractivity contribution in [3.05, 3.63) is 35.9 Å². The predicted octanol–water partition coefficient (Wildman–Crippen LogP) is 2.81. The number of rotatable bonds is 2. The molecule has 0 fully saturated rings. The minimum atomic E-state index is 0.709.